The van der Waals surface area contributed by atoms with Crippen LogP contribution in [0.3, 0.4) is 0 Å². The van der Waals surface area contributed by atoms with Crippen LogP contribution in [-0.2, 0) is 0 Å². The molecule has 104 valence electrons. The van der Waals surface area contributed by atoms with Crippen LogP contribution in [0.4, 0.5) is 0 Å². The molecule has 0 N–H and O–H groups in total. The summed E-state index contributed by atoms with van der Waals surface area (Å²) < 4.78 is 6.90. The van der Waals surface area contributed by atoms with Gasteiger partial charge >= 0.3 is 0 Å². The Labute approximate surface area is 120 Å². The van der Waals surface area contributed by atoms with Gasteiger partial charge in [-0.3, -0.25) is 4.79 Å². The number of aldehydes is 1. The quantitative estimate of drug-likeness (QED) is 0.687. The maximum absolute atomic E-state index is 10.6. The number of rotatable bonds is 4. The molecule has 6 heteroatoms. The molecule has 4 rings (SSSR count). The third-order valence-corrected chi connectivity index (χ3v) is 3.53. The minimum absolute atomic E-state index is 0.268. The third-order valence-electron chi connectivity index (χ3n) is 3.53. The second-order valence-electron chi connectivity index (χ2n) is 5.09. The summed E-state index contributed by atoms with van der Waals surface area (Å²) >= 11 is 0. The Hall–Kier alpha value is -2.76. The van der Waals surface area contributed by atoms with E-state index >= 15 is 0 Å². The Bertz CT molecular complexity index is 784. The average molecular weight is 280 g/mol. The van der Waals surface area contributed by atoms with E-state index < -0.39 is 0 Å². The van der Waals surface area contributed by atoms with Gasteiger partial charge in [0.2, 0.25) is 5.89 Å². The van der Waals surface area contributed by atoms with E-state index in [0.29, 0.717) is 23.7 Å². The van der Waals surface area contributed by atoms with Gasteiger partial charge in [0, 0.05) is 12.4 Å². The fraction of sp³-hybridized carbons (Fsp3) is 0.200. The van der Waals surface area contributed by atoms with Crippen LogP contribution in [-0.4, -0.2) is 26.0 Å². The third kappa shape index (κ3) is 2.24. The first-order chi connectivity index (χ1) is 10.3. The van der Waals surface area contributed by atoms with E-state index in [1.165, 1.54) is 24.7 Å². The van der Waals surface area contributed by atoms with Gasteiger partial charge in [-0.15, -0.1) is 0 Å². The van der Waals surface area contributed by atoms with Crippen LogP contribution in [0.1, 0.15) is 34.8 Å². The highest BCUT2D eigenvalue weighted by Crippen LogP contribution is 2.39. The number of aromatic nitrogens is 4. The molecular weight excluding hydrogens is 268 g/mol. The van der Waals surface area contributed by atoms with Crippen molar-refractivity contribution in [3.05, 3.63) is 48.2 Å². The SMILES string of the molecule is O=Cc1coc(-c2cnn(-c3ccc(C4CC4)cn3)c2)n1. The van der Waals surface area contributed by atoms with Crippen molar-refractivity contribution >= 4 is 6.29 Å². The van der Waals surface area contributed by atoms with Gasteiger partial charge in [-0.2, -0.15) is 5.10 Å². The summed E-state index contributed by atoms with van der Waals surface area (Å²) in [4.78, 5) is 19.1. The molecule has 0 radical (unpaired) electrons. The molecule has 0 amide bonds. The van der Waals surface area contributed by atoms with E-state index in [4.69, 9.17) is 4.42 Å². The van der Waals surface area contributed by atoms with Gasteiger partial charge < -0.3 is 4.42 Å². The van der Waals surface area contributed by atoms with E-state index in [0.717, 1.165) is 5.82 Å². The summed E-state index contributed by atoms with van der Waals surface area (Å²) in [5.74, 6) is 1.81. The number of carbonyl (C=O) groups is 1. The Morgan fingerprint density at radius 3 is 2.86 bits per heavy atom. The van der Waals surface area contributed by atoms with Crippen LogP contribution in [0, 0.1) is 0 Å². The summed E-state index contributed by atoms with van der Waals surface area (Å²) in [7, 11) is 0. The topological polar surface area (TPSA) is 73.8 Å². The van der Waals surface area contributed by atoms with E-state index in [1.54, 1.807) is 17.1 Å². The van der Waals surface area contributed by atoms with Gasteiger partial charge in [-0.05, 0) is 30.4 Å². The Morgan fingerprint density at radius 1 is 1.29 bits per heavy atom. The van der Waals surface area contributed by atoms with Crippen LogP contribution >= 0.6 is 0 Å². The molecule has 0 spiro atoms. The van der Waals surface area contributed by atoms with E-state index in [2.05, 4.69) is 21.1 Å². The van der Waals surface area contributed by atoms with E-state index in [9.17, 15) is 4.79 Å². The zero-order chi connectivity index (χ0) is 14.2. The first kappa shape index (κ1) is 12.0. The van der Waals surface area contributed by atoms with Crippen molar-refractivity contribution < 1.29 is 9.21 Å². The van der Waals surface area contributed by atoms with Crippen molar-refractivity contribution in [2.24, 2.45) is 0 Å². The lowest BCUT2D eigenvalue weighted by molar-refractivity contribution is 0.111. The molecule has 1 saturated carbocycles. The second kappa shape index (κ2) is 4.66. The van der Waals surface area contributed by atoms with Crippen molar-refractivity contribution in [1.29, 1.82) is 0 Å². The molecule has 6 nitrogen and oxygen atoms in total. The van der Waals surface area contributed by atoms with Crippen molar-refractivity contribution in [3.63, 3.8) is 0 Å². The van der Waals surface area contributed by atoms with Gasteiger partial charge in [0.1, 0.15) is 12.0 Å². The largest absolute Gasteiger partial charge is 0.444 e. The fourth-order valence-electron chi connectivity index (χ4n) is 2.22. The molecule has 21 heavy (non-hydrogen) atoms. The van der Waals surface area contributed by atoms with Crippen LogP contribution in [0.25, 0.3) is 17.3 Å². The maximum atomic E-state index is 10.6. The predicted molar refractivity (Wildman–Crippen MR) is 74.2 cm³/mol. The minimum atomic E-state index is 0.268. The smallest absolute Gasteiger partial charge is 0.229 e. The minimum Gasteiger partial charge on any atom is -0.444 e. The molecule has 0 unspecified atom stereocenters. The molecule has 0 saturated heterocycles. The Morgan fingerprint density at radius 2 is 2.19 bits per heavy atom. The maximum Gasteiger partial charge on any atom is 0.229 e. The van der Waals surface area contributed by atoms with Gasteiger partial charge in [0.05, 0.1) is 11.8 Å². The normalized spacial score (nSPS) is 14.3. The zero-order valence-electron chi connectivity index (χ0n) is 11.1. The number of nitrogens with zero attached hydrogens (tertiary/aromatic N) is 4. The average Bonchev–Trinajstić information content (AvgIpc) is 3.07. The second-order valence-corrected chi connectivity index (χ2v) is 5.09. The summed E-state index contributed by atoms with van der Waals surface area (Å²) in [5, 5.41) is 4.25. The molecule has 3 heterocycles. The molecule has 0 aromatic carbocycles. The van der Waals surface area contributed by atoms with E-state index in [-0.39, 0.29) is 5.69 Å². The number of hydrogen-bond donors (Lipinski definition) is 0. The van der Waals surface area contributed by atoms with Gasteiger partial charge in [-0.1, -0.05) is 6.07 Å². The lowest BCUT2D eigenvalue weighted by Gasteiger charge is -2.01. The molecule has 1 fully saturated rings. The van der Waals surface area contributed by atoms with Crippen molar-refractivity contribution in [2.45, 2.75) is 18.8 Å². The summed E-state index contributed by atoms with van der Waals surface area (Å²) in [6.07, 6.45) is 9.81. The monoisotopic (exact) mass is 280 g/mol. The van der Waals surface area contributed by atoms with Crippen LogP contribution in [0.15, 0.2) is 41.4 Å². The molecule has 3 aromatic rings. The molecule has 0 bridgehead atoms. The molecule has 1 aliphatic carbocycles. The first-order valence-electron chi connectivity index (χ1n) is 6.75. The lowest BCUT2D eigenvalue weighted by atomic mass is 10.2. The highest BCUT2D eigenvalue weighted by atomic mass is 16.3. The first-order valence-corrected chi connectivity index (χ1v) is 6.75. The fourth-order valence-corrected chi connectivity index (χ4v) is 2.22. The summed E-state index contributed by atoms with van der Waals surface area (Å²) in [6, 6.07) is 4.05. The van der Waals surface area contributed by atoms with Crippen LogP contribution in [0.5, 0.6) is 0 Å². The molecule has 3 aromatic heterocycles. The number of carbonyl (C=O) groups excluding carboxylic acids is 1. The molecule has 0 aliphatic heterocycles. The van der Waals surface area contributed by atoms with Crippen molar-refractivity contribution in [2.75, 3.05) is 0 Å². The molecule has 0 atom stereocenters. The van der Waals surface area contributed by atoms with Gasteiger partial charge in [0.15, 0.2) is 12.1 Å². The predicted octanol–water partition coefficient (Wildman–Crippen LogP) is 2.61. The van der Waals surface area contributed by atoms with E-state index in [1.807, 2.05) is 12.3 Å². The standard InChI is InChI=1S/C15H12N4O2/c20-8-13-9-21-15(18-13)12-6-17-19(7-12)14-4-3-11(5-16-14)10-1-2-10/h3-10H,1-2H2. The van der Waals surface area contributed by atoms with Crippen LogP contribution in [0.2, 0.25) is 0 Å². The lowest BCUT2D eigenvalue weighted by Crippen LogP contribution is -1.97. The molecular formula is C15H12N4O2. The highest BCUT2D eigenvalue weighted by molar-refractivity contribution is 5.72. The van der Waals surface area contributed by atoms with Gasteiger partial charge in [-0.25, -0.2) is 14.6 Å². The zero-order valence-corrected chi connectivity index (χ0v) is 11.1. The Kier molecular flexibility index (Phi) is 2.67. The van der Waals surface area contributed by atoms with Crippen LogP contribution < -0.4 is 0 Å². The van der Waals surface area contributed by atoms with Gasteiger partial charge in [0.25, 0.3) is 0 Å². The Balaban J connectivity index is 1.62. The van der Waals surface area contributed by atoms with Crippen molar-refractivity contribution in [3.8, 4) is 17.3 Å². The number of oxazole rings is 1. The number of pyridine rings is 1. The summed E-state index contributed by atoms with van der Waals surface area (Å²) in [6.45, 7) is 0. The highest BCUT2D eigenvalue weighted by Gasteiger charge is 2.23. The van der Waals surface area contributed by atoms with Crippen molar-refractivity contribution in [1.82, 2.24) is 19.7 Å². The molecule has 1 aliphatic rings. The summed E-state index contributed by atoms with van der Waals surface area (Å²) in [5.41, 5.74) is 2.26. The number of hydrogen-bond acceptors (Lipinski definition) is 5.